The molecule has 0 fully saturated rings. The predicted octanol–water partition coefficient (Wildman–Crippen LogP) is 3.14. The van der Waals surface area contributed by atoms with Crippen LogP contribution in [0.4, 0.5) is 13.2 Å². The third-order valence-corrected chi connectivity index (χ3v) is 4.77. The van der Waals surface area contributed by atoms with Crippen LogP contribution < -0.4 is 0 Å². The quantitative estimate of drug-likeness (QED) is 0.812. The molecule has 0 saturated carbocycles. The molecule has 0 unspecified atom stereocenters. The number of ketones is 1. The van der Waals surface area contributed by atoms with Gasteiger partial charge in [0.05, 0.1) is 15.4 Å². The van der Waals surface area contributed by atoms with E-state index in [-0.39, 0.29) is 10.5 Å². The number of hydrogen-bond donors (Lipinski definition) is 0. The molecule has 0 amide bonds. The van der Waals surface area contributed by atoms with E-state index in [1.54, 1.807) is 0 Å². The van der Waals surface area contributed by atoms with Crippen LogP contribution in [-0.2, 0) is 16.0 Å². The second-order valence-electron chi connectivity index (χ2n) is 4.45. The van der Waals surface area contributed by atoms with Gasteiger partial charge >= 0.3 is 6.18 Å². The van der Waals surface area contributed by atoms with Crippen LogP contribution in [0.3, 0.4) is 0 Å². The van der Waals surface area contributed by atoms with Crippen molar-refractivity contribution in [2.45, 2.75) is 22.9 Å². The molecule has 116 valence electrons. The van der Waals surface area contributed by atoms with E-state index in [0.717, 1.165) is 31.2 Å². The summed E-state index contributed by atoms with van der Waals surface area (Å²) in [6.45, 7) is 1.10. The van der Waals surface area contributed by atoms with Gasteiger partial charge in [0, 0.05) is 18.0 Å². The van der Waals surface area contributed by atoms with Crippen molar-refractivity contribution >= 4 is 15.6 Å². The summed E-state index contributed by atoms with van der Waals surface area (Å²) < 4.78 is 64.2. The number of rotatable bonds is 3. The lowest BCUT2D eigenvalue weighted by atomic mass is 10.1. The minimum atomic E-state index is -4.90. The molecule has 0 spiro atoms. The van der Waals surface area contributed by atoms with E-state index >= 15 is 0 Å². The third kappa shape index (κ3) is 3.01. The average Bonchev–Trinajstić information content (AvgIpc) is 2.46. The van der Waals surface area contributed by atoms with Gasteiger partial charge in [-0.1, -0.05) is 6.07 Å². The van der Waals surface area contributed by atoms with Crippen LogP contribution in [0, 0.1) is 0 Å². The lowest BCUT2D eigenvalue weighted by Crippen LogP contribution is -2.15. The van der Waals surface area contributed by atoms with Gasteiger partial charge in [-0.25, -0.2) is 8.42 Å². The van der Waals surface area contributed by atoms with Crippen LogP contribution in [-0.4, -0.2) is 19.2 Å². The monoisotopic (exact) mass is 329 g/mol. The van der Waals surface area contributed by atoms with Crippen molar-refractivity contribution in [1.29, 1.82) is 0 Å². The van der Waals surface area contributed by atoms with E-state index in [1.807, 2.05) is 0 Å². The van der Waals surface area contributed by atoms with Crippen LogP contribution in [0.25, 0.3) is 0 Å². The highest BCUT2D eigenvalue weighted by molar-refractivity contribution is 7.91. The first-order chi connectivity index (χ1) is 10.1. The van der Waals surface area contributed by atoms with Gasteiger partial charge < -0.3 is 0 Å². The number of Topliss-reactive ketones (excluding diaryl/α,β-unsaturated/α-hetero) is 1. The summed E-state index contributed by atoms with van der Waals surface area (Å²) in [4.78, 5) is 13.7. The summed E-state index contributed by atoms with van der Waals surface area (Å²) in [7, 11) is -4.37. The molecule has 1 aromatic heterocycles. The Morgan fingerprint density at radius 1 is 1.09 bits per heavy atom. The first kappa shape index (κ1) is 16.2. The first-order valence-electron chi connectivity index (χ1n) is 6.01. The van der Waals surface area contributed by atoms with E-state index in [4.69, 9.17) is 0 Å². The highest BCUT2D eigenvalue weighted by Gasteiger charge is 2.38. The smallest absolute Gasteiger partial charge is 0.295 e. The maximum atomic E-state index is 13.1. The molecule has 2 rings (SSSR count). The Kier molecular flexibility index (Phi) is 4.06. The van der Waals surface area contributed by atoms with Crippen LogP contribution >= 0.6 is 0 Å². The van der Waals surface area contributed by atoms with Gasteiger partial charge in [0.25, 0.3) is 0 Å². The lowest BCUT2D eigenvalue weighted by molar-refractivity contribution is -0.139. The number of sulfone groups is 1. The molecule has 0 aliphatic rings. The van der Waals surface area contributed by atoms with Gasteiger partial charge in [-0.2, -0.15) is 13.2 Å². The molecule has 0 radical (unpaired) electrons. The highest BCUT2D eigenvalue weighted by Crippen LogP contribution is 2.37. The fourth-order valence-electron chi connectivity index (χ4n) is 1.85. The number of carbonyl (C=O) groups is 1. The molecule has 1 aromatic carbocycles. The molecule has 0 saturated heterocycles. The Morgan fingerprint density at radius 3 is 2.18 bits per heavy atom. The summed E-state index contributed by atoms with van der Waals surface area (Å²) in [6.07, 6.45) is -2.56. The Bertz CT molecular complexity index is 815. The van der Waals surface area contributed by atoms with Gasteiger partial charge in [-0.15, -0.1) is 0 Å². The number of alkyl halides is 3. The SMILES string of the molecule is CC(=O)c1ccc(S(=O)(=O)c2ccncc2)c(C(F)(F)F)c1. The molecular weight excluding hydrogens is 319 g/mol. The fourth-order valence-corrected chi connectivity index (χ4v) is 3.29. The van der Waals surface area contributed by atoms with Crippen LogP contribution in [0.15, 0.2) is 52.5 Å². The molecule has 0 N–H and O–H groups in total. The van der Waals surface area contributed by atoms with Crippen molar-refractivity contribution in [2.75, 3.05) is 0 Å². The summed E-state index contributed by atoms with van der Waals surface area (Å²) in [5, 5.41) is 0. The van der Waals surface area contributed by atoms with Gasteiger partial charge in [0.2, 0.25) is 9.84 Å². The summed E-state index contributed by atoms with van der Waals surface area (Å²) in [5.74, 6) is -0.585. The number of aromatic nitrogens is 1. The maximum Gasteiger partial charge on any atom is 0.417 e. The average molecular weight is 329 g/mol. The molecular formula is C14H10F3NO3S. The Balaban J connectivity index is 2.73. The second kappa shape index (κ2) is 5.53. The van der Waals surface area contributed by atoms with Crippen molar-refractivity contribution in [3.05, 3.63) is 53.9 Å². The molecule has 0 bridgehead atoms. The minimum Gasteiger partial charge on any atom is -0.295 e. The molecule has 4 nitrogen and oxygen atoms in total. The Labute approximate surface area is 124 Å². The zero-order chi connectivity index (χ0) is 16.5. The Morgan fingerprint density at radius 2 is 1.68 bits per heavy atom. The zero-order valence-corrected chi connectivity index (χ0v) is 12.1. The van der Waals surface area contributed by atoms with E-state index in [0.29, 0.717) is 6.07 Å². The minimum absolute atomic E-state index is 0.207. The summed E-state index contributed by atoms with van der Waals surface area (Å²) >= 11 is 0. The van der Waals surface area contributed by atoms with E-state index in [9.17, 15) is 26.4 Å². The second-order valence-corrected chi connectivity index (χ2v) is 6.37. The molecule has 0 aliphatic carbocycles. The summed E-state index contributed by atoms with van der Waals surface area (Å²) in [6, 6.07) is 4.63. The van der Waals surface area contributed by atoms with E-state index < -0.39 is 32.3 Å². The first-order valence-corrected chi connectivity index (χ1v) is 7.49. The molecule has 22 heavy (non-hydrogen) atoms. The molecule has 2 aromatic rings. The Hall–Kier alpha value is -2.22. The normalized spacial score (nSPS) is 12.2. The van der Waals surface area contributed by atoms with Crippen molar-refractivity contribution < 1.29 is 26.4 Å². The third-order valence-electron chi connectivity index (χ3n) is 2.94. The largest absolute Gasteiger partial charge is 0.417 e. The van der Waals surface area contributed by atoms with Crippen LogP contribution in [0.2, 0.25) is 0 Å². The number of hydrogen-bond acceptors (Lipinski definition) is 4. The van der Waals surface area contributed by atoms with E-state index in [2.05, 4.69) is 4.98 Å². The van der Waals surface area contributed by atoms with Crippen molar-refractivity contribution in [3.63, 3.8) is 0 Å². The number of pyridine rings is 1. The number of carbonyl (C=O) groups excluding carboxylic acids is 1. The van der Waals surface area contributed by atoms with Gasteiger partial charge in [0.1, 0.15) is 0 Å². The van der Waals surface area contributed by atoms with Crippen molar-refractivity contribution in [1.82, 2.24) is 4.98 Å². The van der Waals surface area contributed by atoms with E-state index in [1.165, 1.54) is 12.4 Å². The zero-order valence-electron chi connectivity index (χ0n) is 11.3. The molecule has 0 aliphatic heterocycles. The van der Waals surface area contributed by atoms with Gasteiger partial charge in [-0.05, 0) is 31.2 Å². The van der Waals surface area contributed by atoms with Gasteiger partial charge in [-0.3, -0.25) is 9.78 Å². The number of halogens is 3. The van der Waals surface area contributed by atoms with Crippen LogP contribution in [0.5, 0.6) is 0 Å². The number of nitrogens with zero attached hydrogens (tertiary/aromatic N) is 1. The molecule has 8 heteroatoms. The maximum absolute atomic E-state index is 13.1. The topological polar surface area (TPSA) is 64.1 Å². The fraction of sp³-hybridized carbons (Fsp3) is 0.143. The van der Waals surface area contributed by atoms with Gasteiger partial charge in [0.15, 0.2) is 5.78 Å². The molecule has 0 atom stereocenters. The van der Waals surface area contributed by atoms with Crippen molar-refractivity contribution in [3.8, 4) is 0 Å². The highest BCUT2D eigenvalue weighted by atomic mass is 32.2. The number of benzene rings is 1. The van der Waals surface area contributed by atoms with Crippen molar-refractivity contribution in [2.24, 2.45) is 0 Å². The summed E-state index contributed by atoms with van der Waals surface area (Å²) in [5.41, 5.74) is -1.57. The lowest BCUT2D eigenvalue weighted by Gasteiger charge is -2.14. The standard InChI is InChI=1S/C14H10F3NO3S/c1-9(19)10-2-3-13(12(8-10)14(15,16)17)22(20,21)11-4-6-18-7-5-11/h2-8H,1H3. The molecule has 1 heterocycles. The predicted molar refractivity (Wildman–Crippen MR) is 71.1 cm³/mol. The van der Waals surface area contributed by atoms with Crippen LogP contribution in [0.1, 0.15) is 22.8 Å².